The maximum absolute atomic E-state index is 2.32. The van der Waals surface area contributed by atoms with Crippen LogP contribution >= 0.6 is 22.9 Å². The molecule has 0 heterocycles. The van der Waals surface area contributed by atoms with Gasteiger partial charge in [0.2, 0.25) is 0 Å². The molecule has 1 nitrogen and oxygen atoms in total. The molecule has 1 atom stereocenters. The van der Waals surface area contributed by atoms with Gasteiger partial charge in [-0.2, -0.15) is 0 Å². The number of hydrogen-bond donors (Lipinski definition) is 0. The van der Waals surface area contributed by atoms with Crippen LogP contribution in [0, 0.1) is 5.92 Å². The first kappa shape index (κ1) is 8.69. The van der Waals surface area contributed by atoms with E-state index in [9.17, 15) is 0 Å². The van der Waals surface area contributed by atoms with Gasteiger partial charge in [-0.3, -0.25) is 0 Å². The average Bonchev–Trinajstić information content (AvgIpc) is 1.64. The Balaban J connectivity index is 3.46. The Morgan fingerprint density at radius 3 is 1.62 bits per heavy atom. The Bertz CT molecular complexity index is 53.5. The second-order valence-corrected chi connectivity index (χ2v) is 4.03. The molecule has 1 unspecified atom stereocenters. The third kappa shape index (κ3) is 2.87. The summed E-state index contributed by atoms with van der Waals surface area (Å²) in [7, 11) is 2.10. The number of hydrogen-bond acceptors (Lipinski definition) is 1. The van der Waals surface area contributed by atoms with Gasteiger partial charge in [0.25, 0.3) is 0 Å². The maximum atomic E-state index is 2.32. The molecule has 0 bridgehead atoms. The first-order chi connectivity index (χ1) is 3.55. The van der Waals surface area contributed by atoms with Crippen molar-refractivity contribution in [3.8, 4) is 0 Å². The first-order valence-electron chi connectivity index (χ1n) is 2.94. The molecule has 0 aliphatic rings. The van der Waals surface area contributed by atoms with Gasteiger partial charge in [0, 0.05) is 28.9 Å². The lowest BCUT2D eigenvalue weighted by Crippen LogP contribution is -2.24. The Kier molecular flexibility index (Phi) is 3.98. The molecule has 0 aliphatic heterocycles. The average molecular weight is 227 g/mol. The first-order valence-corrected chi connectivity index (χ1v) is 3.90. The minimum atomic E-state index is 0.690. The van der Waals surface area contributed by atoms with Crippen molar-refractivity contribution in [2.24, 2.45) is 5.92 Å². The van der Waals surface area contributed by atoms with E-state index in [1.807, 2.05) is 0 Å². The summed E-state index contributed by atoms with van der Waals surface area (Å²) >= 11 is 2.32. The van der Waals surface area contributed by atoms with E-state index < -0.39 is 0 Å². The van der Waals surface area contributed by atoms with Crippen LogP contribution in [0.15, 0.2) is 0 Å². The molecule has 0 spiro atoms. The molecule has 0 aromatic heterocycles. The van der Waals surface area contributed by atoms with Gasteiger partial charge in [-0.15, -0.1) is 0 Å². The molecule has 0 saturated carbocycles. The lowest BCUT2D eigenvalue weighted by Gasteiger charge is -2.20. The van der Waals surface area contributed by atoms with Crippen LogP contribution in [0.3, 0.4) is 0 Å². The van der Waals surface area contributed by atoms with Crippen LogP contribution in [0.5, 0.6) is 0 Å². The monoisotopic (exact) mass is 227 g/mol. The Labute approximate surface area is 65.9 Å². The van der Waals surface area contributed by atoms with Gasteiger partial charge >= 0.3 is 0 Å². The van der Waals surface area contributed by atoms with E-state index in [1.54, 1.807) is 0 Å². The number of halogens is 1. The maximum Gasteiger partial charge on any atom is 0.0201 e. The van der Waals surface area contributed by atoms with Crippen molar-refractivity contribution in [1.82, 2.24) is 3.11 Å². The van der Waals surface area contributed by atoms with E-state index in [0.29, 0.717) is 6.04 Å². The third-order valence-corrected chi connectivity index (χ3v) is 2.40. The summed E-state index contributed by atoms with van der Waals surface area (Å²) < 4.78 is 2.21. The van der Waals surface area contributed by atoms with E-state index in [4.69, 9.17) is 0 Å². The van der Waals surface area contributed by atoms with Crippen LogP contribution in [-0.4, -0.2) is 16.2 Å². The molecule has 0 aromatic carbocycles. The topological polar surface area (TPSA) is 3.24 Å². The molecule has 0 radical (unpaired) electrons. The Morgan fingerprint density at radius 2 is 1.62 bits per heavy atom. The summed E-state index contributed by atoms with van der Waals surface area (Å²) in [6.45, 7) is 6.71. The fourth-order valence-electron chi connectivity index (χ4n) is 0.411. The van der Waals surface area contributed by atoms with Gasteiger partial charge in [0.15, 0.2) is 0 Å². The lowest BCUT2D eigenvalue weighted by atomic mass is 10.1. The highest BCUT2D eigenvalue weighted by Crippen LogP contribution is 2.10. The predicted octanol–water partition coefficient (Wildman–Crippen LogP) is 2.31. The fraction of sp³-hybridized carbons (Fsp3) is 1.00. The molecular weight excluding hydrogens is 213 g/mol. The molecule has 0 aromatic rings. The van der Waals surface area contributed by atoms with E-state index in [1.165, 1.54) is 0 Å². The minimum Gasteiger partial charge on any atom is -0.248 e. The van der Waals surface area contributed by atoms with Crippen LogP contribution < -0.4 is 0 Å². The number of nitrogens with zero attached hydrogens (tertiary/aromatic N) is 1. The smallest absolute Gasteiger partial charge is 0.0201 e. The molecule has 0 rings (SSSR count). The molecule has 0 saturated heterocycles. The van der Waals surface area contributed by atoms with Crippen LogP contribution in [0.1, 0.15) is 20.8 Å². The Hall–Kier alpha value is 0.690. The summed E-state index contributed by atoms with van der Waals surface area (Å²) in [6, 6.07) is 0.690. The molecule has 0 fully saturated rings. The summed E-state index contributed by atoms with van der Waals surface area (Å²) in [5.41, 5.74) is 0. The van der Waals surface area contributed by atoms with E-state index in [-0.39, 0.29) is 0 Å². The summed E-state index contributed by atoms with van der Waals surface area (Å²) in [6.07, 6.45) is 0. The van der Waals surface area contributed by atoms with Crippen molar-refractivity contribution in [2.45, 2.75) is 26.8 Å². The van der Waals surface area contributed by atoms with Gasteiger partial charge < -0.3 is 0 Å². The summed E-state index contributed by atoms with van der Waals surface area (Å²) in [5.74, 6) is 0.761. The van der Waals surface area contributed by atoms with E-state index in [0.717, 1.165) is 5.92 Å². The molecule has 2 heteroatoms. The SMILES string of the molecule is CC(C)C(C)N(C)I. The molecular formula is C6H14IN. The second-order valence-electron chi connectivity index (χ2n) is 2.51. The normalized spacial score (nSPS) is 15.4. The largest absolute Gasteiger partial charge is 0.248 e. The Morgan fingerprint density at radius 1 is 1.25 bits per heavy atom. The molecule has 50 valence electrons. The van der Waals surface area contributed by atoms with E-state index in [2.05, 4.69) is 53.8 Å². The summed E-state index contributed by atoms with van der Waals surface area (Å²) in [5, 5.41) is 0. The van der Waals surface area contributed by atoms with Crippen molar-refractivity contribution >= 4 is 22.9 Å². The van der Waals surface area contributed by atoms with Crippen molar-refractivity contribution in [3.05, 3.63) is 0 Å². The highest BCUT2D eigenvalue weighted by atomic mass is 127. The zero-order valence-corrected chi connectivity index (χ0v) is 8.14. The van der Waals surface area contributed by atoms with Crippen molar-refractivity contribution in [1.29, 1.82) is 0 Å². The lowest BCUT2D eigenvalue weighted by molar-refractivity contribution is 0.365. The van der Waals surface area contributed by atoms with E-state index >= 15 is 0 Å². The zero-order chi connectivity index (χ0) is 6.73. The predicted molar refractivity (Wildman–Crippen MR) is 46.1 cm³/mol. The van der Waals surface area contributed by atoms with Crippen molar-refractivity contribution < 1.29 is 0 Å². The van der Waals surface area contributed by atoms with Crippen LogP contribution in [0.4, 0.5) is 0 Å². The standard InChI is InChI=1S/C6H14IN/c1-5(2)6(3)8(4)7/h5-6H,1-4H3. The molecule has 0 amide bonds. The molecule has 8 heavy (non-hydrogen) atoms. The highest BCUT2D eigenvalue weighted by Gasteiger charge is 2.08. The van der Waals surface area contributed by atoms with Crippen molar-refractivity contribution in [3.63, 3.8) is 0 Å². The highest BCUT2D eigenvalue weighted by molar-refractivity contribution is 14.1. The summed E-state index contributed by atoms with van der Waals surface area (Å²) in [4.78, 5) is 0. The second kappa shape index (κ2) is 3.67. The van der Waals surface area contributed by atoms with Crippen molar-refractivity contribution in [2.75, 3.05) is 7.05 Å². The van der Waals surface area contributed by atoms with Gasteiger partial charge in [-0.25, -0.2) is 3.11 Å². The van der Waals surface area contributed by atoms with Gasteiger partial charge in [0.1, 0.15) is 0 Å². The minimum absolute atomic E-state index is 0.690. The van der Waals surface area contributed by atoms with Crippen LogP contribution in [0.25, 0.3) is 0 Å². The molecule has 0 aliphatic carbocycles. The third-order valence-electron chi connectivity index (χ3n) is 1.53. The van der Waals surface area contributed by atoms with Gasteiger partial charge in [-0.1, -0.05) is 13.8 Å². The zero-order valence-electron chi connectivity index (χ0n) is 5.98. The quantitative estimate of drug-likeness (QED) is 0.516. The fourth-order valence-corrected chi connectivity index (χ4v) is 1.05. The van der Waals surface area contributed by atoms with Crippen LogP contribution in [0.2, 0.25) is 0 Å². The van der Waals surface area contributed by atoms with Gasteiger partial charge in [-0.05, 0) is 19.9 Å². The van der Waals surface area contributed by atoms with Crippen LogP contribution in [-0.2, 0) is 0 Å². The number of rotatable bonds is 2. The molecule has 0 N–H and O–H groups in total. The van der Waals surface area contributed by atoms with Gasteiger partial charge in [0.05, 0.1) is 0 Å².